The van der Waals surface area contributed by atoms with Crippen LogP contribution in [-0.4, -0.2) is 0 Å². The quantitative estimate of drug-likeness (QED) is 0.175. The first-order valence-corrected chi connectivity index (χ1v) is 20.2. The third-order valence-electron chi connectivity index (χ3n) is 12.7. The van der Waals surface area contributed by atoms with Crippen molar-refractivity contribution in [3.05, 3.63) is 227 Å². The first-order chi connectivity index (χ1) is 28.7. The van der Waals surface area contributed by atoms with Crippen molar-refractivity contribution in [3.63, 3.8) is 0 Å². The van der Waals surface area contributed by atoms with E-state index in [0.29, 0.717) is 0 Å². The predicted molar refractivity (Wildman–Crippen MR) is 238 cm³/mol. The lowest BCUT2D eigenvalue weighted by atomic mass is 9.69. The fourth-order valence-electron chi connectivity index (χ4n) is 10.3. The Morgan fingerprint density at radius 1 is 0.586 bits per heavy atom. The largest absolute Gasteiger partial charge is 0.456 e. The van der Waals surface area contributed by atoms with Gasteiger partial charge in [-0.2, -0.15) is 0 Å². The number of hydrogen-bond donors (Lipinski definition) is 0. The number of aryl methyl sites for hydroxylation is 2. The summed E-state index contributed by atoms with van der Waals surface area (Å²) >= 11 is 0. The second-order valence-corrected chi connectivity index (χ2v) is 15.8. The molecule has 0 bridgehead atoms. The molecule has 0 aliphatic heterocycles. The minimum atomic E-state index is -0.529. The standard InChI is InChI=1S/C56H37NO/c1-36-34-39(37-16-4-2-5-17-37)30-33-51(36)57(40-18-6-3-7-19-40)41-31-28-38(29-32-41)46-35-47-44-22-10-14-26-50(44)56(54(47)53-45-23-11-15-27-52(45)58-55(46)53)48-24-12-8-20-42(48)43-21-9-13-25-49(43)56/h2-10,12,14-22,24,26-35H,11,23H2,1H3. The smallest absolute Gasteiger partial charge is 0.143 e. The van der Waals surface area contributed by atoms with Crippen LogP contribution >= 0.6 is 0 Å². The Hall–Kier alpha value is -7.34. The van der Waals surface area contributed by atoms with Gasteiger partial charge in [0.05, 0.1) is 5.41 Å². The van der Waals surface area contributed by atoms with E-state index in [1.54, 1.807) is 0 Å². The van der Waals surface area contributed by atoms with Crippen LogP contribution in [0, 0.1) is 19.1 Å². The molecule has 0 radical (unpaired) electrons. The van der Waals surface area contributed by atoms with Gasteiger partial charge in [-0.05, 0) is 142 Å². The van der Waals surface area contributed by atoms with Gasteiger partial charge in [-0.25, -0.2) is 0 Å². The number of rotatable bonds is 5. The SMILES string of the molecule is Cc1cc(-c2ccccc2)ccc1N(c1ccccc1)c1ccc(-c2cc3c(c4c5c(oc24)C=CCC5)C2(c4c#cccc4-c4ccccc42)c2ccccc2-3)cc1. The van der Waals surface area contributed by atoms with Gasteiger partial charge in [-0.1, -0.05) is 133 Å². The molecule has 8 aromatic carbocycles. The van der Waals surface area contributed by atoms with Gasteiger partial charge < -0.3 is 9.32 Å². The first-order valence-electron chi connectivity index (χ1n) is 20.2. The van der Waals surface area contributed by atoms with Crippen LogP contribution in [-0.2, 0) is 11.8 Å². The fraction of sp³-hybridized carbons (Fsp3) is 0.0714. The predicted octanol–water partition coefficient (Wildman–Crippen LogP) is 14.4. The van der Waals surface area contributed by atoms with E-state index in [1.807, 2.05) is 6.07 Å². The van der Waals surface area contributed by atoms with Gasteiger partial charge in [-0.15, -0.1) is 0 Å². The van der Waals surface area contributed by atoms with Gasteiger partial charge in [0.15, 0.2) is 0 Å². The number of para-hydroxylation sites is 1. The minimum Gasteiger partial charge on any atom is -0.456 e. The molecular formula is C56H37NO. The summed E-state index contributed by atoms with van der Waals surface area (Å²) in [6.45, 7) is 2.21. The Bertz CT molecular complexity index is 3070. The summed E-state index contributed by atoms with van der Waals surface area (Å²) in [6.07, 6.45) is 6.36. The number of furan rings is 1. The third-order valence-corrected chi connectivity index (χ3v) is 12.7. The highest BCUT2D eigenvalue weighted by Gasteiger charge is 2.53. The summed E-state index contributed by atoms with van der Waals surface area (Å²) in [5.74, 6) is 0.971. The lowest BCUT2D eigenvalue weighted by Crippen LogP contribution is -2.26. The van der Waals surface area contributed by atoms with Gasteiger partial charge in [0.2, 0.25) is 0 Å². The van der Waals surface area contributed by atoms with Crippen molar-refractivity contribution in [3.8, 4) is 44.5 Å². The molecule has 12 rings (SSSR count). The number of benzene rings is 7. The van der Waals surface area contributed by atoms with Crippen LogP contribution in [0.1, 0.15) is 45.6 Å². The molecular weight excluding hydrogens is 703 g/mol. The molecule has 58 heavy (non-hydrogen) atoms. The van der Waals surface area contributed by atoms with E-state index in [4.69, 9.17) is 4.42 Å². The molecule has 272 valence electrons. The molecule has 1 aromatic heterocycles. The molecule has 0 saturated carbocycles. The van der Waals surface area contributed by atoms with Gasteiger partial charge in [0.1, 0.15) is 11.3 Å². The van der Waals surface area contributed by atoms with Crippen molar-refractivity contribution in [1.29, 1.82) is 0 Å². The van der Waals surface area contributed by atoms with Crippen LogP contribution in [0.2, 0.25) is 0 Å². The van der Waals surface area contributed by atoms with Crippen molar-refractivity contribution >= 4 is 34.1 Å². The lowest BCUT2D eigenvalue weighted by molar-refractivity contribution is 0.596. The molecule has 9 aromatic rings. The molecule has 0 amide bonds. The number of fused-ring (bicyclic) bond motifs is 14. The van der Waals surface area contributed by atoms with Crippen LogP contribution in [0.5, 0.6) is 0 Å². The maximum absolute atomic E-state index is 7.04. The van der Waals surface area contributed by atoms with Crippen LogP contribution in [0.4, 0.5) is 17.1 Å². The van der Waals surface area contributed by atoms with E-state index in [2.05, 4.69) is 200 Å². The topological polar surface area (TPSA) is 16.4 Å². The van der Waals surface area contributed by atoms with E-state index < -0.39 is 5.41 Å². The molecule has 2 nitrogen and oxygen atoms in total. The van der Waals surface area contributed by atoms with Crippen LogP contribution in [0.3, 0.4) is 0 Å². The average molecular weight is 740 g/mol. The summed E-state index contributed by atoms with van der Waals surface area (Å²) in [6, 6.07) is 68.8. The number of nitrogens with zero attached hydrogens (tertiary/aromatic N) is 1. The van der Waals surface area contributed by atoms with Gasteiger partial charge >= 0.3 is 0 Å². The Morgan fingerprint density at radius 3 is 2.02 bits per heavy atom. The molecule has 1 unspecified atom stereocenters. The fourth-order valence-corrected chi connectivity index (χ4v) is 10.3. The van der Waals surface area contributed by atoms with E-state index in [1.165, 1.54) is 72.1 Å². The summed E-state index contributed by atoms with van der Waals surface area (Å²) in [5.41, 5.74) is 21.1. The monoisotopic (exact) mass is 739 g/mol. The van der Waals surface area contributed by atoms with Crippen molar-refractivity contribution < 1.29 is 4.42 Å². The van der Waals surface area contributed by atoms with Crippen molar-refractivity contribution in [2.24, 2.45) is 0 Å². The van der Waals surface area contributed by atoms with Crippen LogP contribution in [0.15, 0.2) is 180 Å². The highest BCUT2D eigenvalue weighted by Crippen LogP contribution is 2.65. The summed E-state index contributed by atoms with van der Waals surface area (Å²) in [7, 11) is 0. The third kappa shape index (κ3) is 4.56. The first kappa shape index (κ1) is 32.9. The maximum Gasteiger partial charge on any atom is 0.143 e. The second kappa shape index (κ2) is 12.6. The van der Waals surface area contributed by atoms with E-state index in [0.717, 1.165) is 52.4 Å². The number of hydrogen-bond acceptors (Lipinski definition) is 2. The molecule has 2 heteroatoms. The summed E-state index contributed by atoms with van der Waals surface area (Å²) < 4.78 is 7.04. The van der Waals surface area contributed by atoms with Gasteiger partial charge in [0, 0.05) is 39.1 Å². The molecule has 0 fully saturated rings. The molecule has 3 aliphatic rings. The molecule has 1 atom stereocenters. The van der Waals surface area contributed by atoms with E-state index in [9.17, 15) is 0 Å². The van der Waals surface area contributed by atoms with Crippen LogP contribution in [0.25, 0.3) is 61.6 Å². The second-order valence-electron chi connectivity index (χ2n) is 15.8. The number of anilines is 3. The normalized spacial score (nSPS) is 13.7. The zero-order valence-corrected chi connectivity index (χ0v) is 32.1. The highest BCUT2D eigenvalue weighted by atomic mass is 16.3. The Morgan fingerprint density at radius 2 is 1.26 bits per heavy atom. The molecule has 1 heterocycles. The molecule has 1 spiro atoms. The lowest BCUT2D eigenvalue weighted by Gasteiger charge is -2.30. The zero-order chi connectivity index (χ0) is 38.4. The highest BCUT2D eigenvalue weighted by molar-refractivity contribution is 6.09. The van der Waals surface area contributed by atoms with Crippen molar-refractivity contribution in [2.45, 2.75) is 25.2 Å². The van der Waals surface area contributed by atoms with Gasteiger partial charge in [-0.3, -0.25) is 0 Å². The van der Waals surface area contributed by atoms with Crippen LogP contribution < -0.4 is 4.90 Å². The maximum atomic E-state index is 7.04. The molecule has 3 aliphatic carbocycles. The van der Waals surface area contributed by atoms with Crippen molar-refractivity contribution in [1.82, 2.24) is 0 Å². The minimum absolute atomic E-state index is 0.529. The van der Waals surface area contributed by atoms with Crippen molar-refractivity contribution in [2.75, 3.05) is 4.90 Å². The summed E-state index contributed by atoms with van der Waals surface area (Å²) in [4.78, 5) is 2.37. The Kier molecular flexibility index (Phi) is 7.13. The zero-order valence-electron chi connectivity index (χ0n) is 32.1. The Balaban J connectivity index is 1.07. The van der Waals surface area contributed by atoms with Gasteiger partial charge in [0.25, 0.3) is 0 Å². The average Bonchev–Trinajstić information content (AvgIpc) is 3.92. The number of allylic oxidation sites excluding steroid dienone is 1. The molecule has 0 N–H and O–H groups in total. The van der Waals surface area contributed by atoms with E-state index >= 15 is 0 Å². The summed E-state index contributed by atoms with van der Waals surface area (Å²) in [5, 5.41) is 1.24. The Labute approximate surface area is 339 Å². The molecule has 0 saturated heterocycles. The van der Waals surface area contributed by atoms with E-state index in [-0.39, 0.29) is 0 Å².